The van der Waals surface area contributed by atoms with Gasteiger partial charge < -0.3 is 15.7 Å². The Hall–Kier alpha value is -1.60. The van der Waals surface area contributed by atoms with E-state index in [9.17, 15) is 4.79 Å². The average Bonchev–Trinajstić information content (AvgIpc) is 3.03. The number of H-pyrrole nitrogens is 2. The number of hydrogen-bond acceptors (Lipinski definition) is 3. The van der Waals surface area contributed by atoms with E-state index in [1.807, 2.05) is 0 Å². The number of nitrogens with two attached hydrogens (primary N) is 1. The van der Waals surface area contributed by atoms with E-state index in [4.69, 9.17) is 5.73 Å². The average molecular weight is 338 g/mol. The van der Waals surface area contributed by atoms with Crippen LogP contribution in [0.15, 0.2) is 16.7 Å². The van der Waals surface area contributed by atoms with Crippen molar-refractivity contribution in [1.29, 1.82) is 0 Å². The fourth-order valence-electron chi connectivity index (χ4n) is 2.49. The number of imidazole rings is 1. The number of carbonyl (C=O) groups is 1. The molecule has 0 spiro atoms. The Morgan fingerprint density at radius 2 is 2.45 bits per heavy atom. The summed E-state index contributed by atoms with van der Waals surface area (Å²) in [6.07, 6.45) is 4.60. The van der Waals surface area contributed by atoms with E-state index in [0.29, 0.717) is 24.1 Å². The number of amides is 1. The summed E-state index contributed by atoms with van der Waals surface area (Å²) >= 11 is 3.30. The lowest BCUT2D eigenvalue weighted by Gasteiger charge is -2.18. The smallest absolute Gasteiger partial charge is 0.274 e. The number of hydrogen-bond donors (Lipinski definition) is 4. The van der Waals surface area contributed by atoms with Gasteiger partial charge in [0, 0.05) is 16.4 Å². The second-order valence-corrected chi connectivity index (χ2v) is 5.96. The lowest BCUT2D eigenvalue weighted by Crippen LogP contribution is -2.22. The molecule has 1 aliphatic rings. The predicted octanol–water partition coefficient (Wildman–Crippen LogP) is 1.82. The van der Waals surface area contributed by atoms with Crippen molar-refractivity contribution in [3.63, 3.8) is 0 Å². The molecule has 20 heavy (non-hydrogen) atoms. The monoisotopic (exact) mass is 337 g/mol. The number of nitrogens with zero attached hydrogens (tertiary/aromatic N) is 1. The highest BCUT2D eigenvalue weighted by atomic mass is 79.9. The van der Waals surface area contributed by atoms with Crippen LogP contribution in [0.3, 0.4) is 0 Å². The van der Waals surface area contributed by atoms with Crippen LogP contribution < -0.4 is 11.1 Å². The highest BCUT2D eigenvalue weighted by molar-refractivity contribution is 9.10. The molecule has 2 aromatic rings. The SMILES string of the molecule is NCC1CCc2nc(NC(=O)c3cc(Br)c[nH]3)[nH]c2C1. The number of rotatable bonds is 3. The maximum atomic E-state index is 12.0. The number of nitrogens with one attached hydrogen (secondary N) is 3. The number of aryl methyl sites for hydroxylation is 1. The number of fused-ring (bicyclic) bond motifs is 1. The third-order valence-corrected chi connectivity index (χ3v) is 4.06. The zero-order valence-corrected chi connectivity index (χ0v) is 12.5. The van der Waals surface area contributed by atoms with Crippen LogP contribution in [-0.4, -0.2) is 27.4 Å². The normalized spacial score (nSPS) is 17.8. The fourth-order valence-corrected chi connectivity index (χ4v) is 2.83. The molecule has 0 saturated heterocycles. The lowest BCUT2D eigenvalue weighted by atomic mass is 9.90. The summed E-state index contributed by atoms with van der Waals surface area (Å²) in [5, 5.41) is 2.77. The van der Waals surface area contributed by atoms with Crippen LogP contribution in [-0.2, 0) is 12.8 Å². The molecule has 0 fully saturated rings. The van der Waals surface area contributed by atoms with Gasteiger partial charge in [-0.15, -0.1) is 0 Å². The molecule has 2 heterocycles. The maximum absolute atomic E-state index is 12.0. The standard InChI is InChI=1S/C13H16BrN5O/c14-8-4-11(16-6-8)12(20)19-13-17-9-2-1-7(5-15)3-10(9)18-13/h4,6-7,16H,1-3,5,15H2,(H2,17,18,19,20). The number of halogens is 1. The van der Waals surface area contributed by atoms with Gasteiger partial charge in [0.2, 0.25) is 5.95 Å². The van der Waals surface area contributed by atoms with Crippen molar-refractivity contribution in [2.45, 2.75) is 19.3 Å². The molecule has 106 valence electrons. The Bertz CT molecular complexity index is 632. The fraction of sp³-hybridized carbons (Fsp3) is 0.385. The Labute approximate surface area is 124 Å². The minimum atomic E-state index is -0.211. The van der Waals surface area contributed by atoms with Gasteiger partial charge in [0.15, 0.2) is 0 Å². The molecule has 0 aromatic carbocycles. The van der Waals surface area contributed by atoms with Crippen molar-refractivity contribution >= 4 is 27.8 Å². The summed E-state index contributed by atoms with van der Waals surface area (Å²) in [5.74, 6) is 0.798. The largest absolute Gasteiger partial charge is 0.356 e. The minimum absolute atomic E-state index is 0.211. The van der Waals surface area contributed by atoms with Crippen LogP contribution in [0.5, 0.6) is 0 Å². The third-order valence-electron chi connectivity index (χ3n) is 3.60. The van der Waals surface area contributed by atoms with E-state index in [-0.39, 0.29) is 5.91 Å². The van der Waals surface area contributed by atoms with Crippen LogP contribution in [0.25, 0.3) is 0 Å². The zero-order valence-electron chi connectivity index (χ0n) is 10.9. The number of aromatic amines is 2. The molecular formula is C13H16BrN5O. The highest BCUT2D eigenvalue weighted by Crippen LogP contribution is 2.24. The van der Waals surface area contributed by atoms with Gasteiger partial charge in [0.05, 0.1) is 5.69 Å². The first-order chi connectivity index (χ1) is 9.65. The molecule has 0 aliphatic heterocycles. The minimum Gasteiger partial charge on any atom is -0.356 e. The summed E-state index contributed by atoms with van der Waals surface area (Å²) in [5.41, 5.74) is 8.34. The summed E-state index contributed by atoms with van der Waals surface area (Å²) in [7, 11) is 0. The molecule has 0 radical (unpaired) electrons. The molecule has 0 bridgehead atoms. The van der Waals surface area contributed by atoms with Crippen molar-refractivity contribution in [3.8, 4) is 0 Å². The van der Waals surface area contributed by atoms with E-state index < -0.39 is 0 Å². The molecule has 3 rings (SSSR count). The van der Waals surface area contributed by atoms with Crippen molar-refractivity contribution in [1.82, 2.24) is 15.0 Å². The zero-order chi connectivity index (χ0) is 14.1. The summed E-state index contributed by atoms with van der Waals surface area (Å²) in [6, 6.07) is 1.72. The van der Waals surface area contributed by atoms with Gasteiger partial charge in [0.1, 0.15) is 5.69 Å². The third kappa shape index (κ3) is 2.64. The second kappa shape index (κ2) is 5.41. The molecule has 6 nitrogen and oxygen atoms in total. The van der Waals surface area contributed by atoms with Crippen LogP contribution >= 0.6 is 15.9 Å². The summed E-state index contributed by atoms with van der Waals surface area (Å²) in [6.45, 7) is 0.691. The van der Waals surface area contributed by atoms with Crippen molar-refractivity contribution in [2.24, 2.45) is 11.7 Å². The molecule has 0 saturated carbocycles. The summed E-state index contributed by atoms with van der Waals surface area (Å²) in [4.78, 5) is 22.5. The van der Waals surface area contributed by atoms with Gasteiger partial charge in [-0.1, -0.05) is 0 Å². The molecule has 2 aromatic heterocycles. The van der Waals surface area contributed by atoms with E-state index in [1.54, 1.807) is 12.3 Å². The van der Waals surface area contributed by atoms with Crippen molar-refractivity contribution < 1.29 is 4.79 Å². The topological polar surface area (TPSA) is 99.6 Å². The van der Waals surface area contributed by atoms with Gasteiger partial charge in [-0.2, -0.15) is 0 Å². The van der Waals surface area contributed by atoms with Crippen LogP contribution in [0, 0.1) is 5.92 Å². The van der Waals surface area contributed by atoms with Crippen LogP contribution in [0.4, 0.5) is 5.95 Å². The van der Waals surface area contributed by atoms with Gasteiger partial charge >= 0.3 is 0 Å². The summed E-state index contributed by atoms with van der Waals surface area (Å²) < 4.78 is 0.840. The first-order valence-electron chi connectivity index (χ1n) is 6.59. The number of anilines is 1. The van der Waals surface area contributed by atoms with Gasteiger partial charge in [-0.25, -0.2) is 4.98 Å². The first-order valence-corrected chi connectivity index (χ1v) is 7.38. The van der Waals surface area contributed by atoms with E-state index >= 15 is 0 Å². The Morgan fingerprint density at radius 1 is 1.60 bits per heavy atom. The number of carbonyl (C=O) groups excluding carboxylic acids is 1. The molecule has 1 aliphatic carbocycles. The number of aromatic nitrogens is 3. The molecule has 1 amide bonds. The van der Waals surface area contributed by atoms with E-state index in [1.165, 1.54) is 0 Å². The quantitative estimate of drug-likeness (QED) is 0.687. The van der Waals surface area contributed by atoms with Gasteiger partial charge in [-0.3, -0.25) is 10.1 Å². The molecule has 1 atom stereocenters. The highest BCUT2D eigenvalue weighted by Gasteiger charge is 2.22. The Morgan fingerprint density at radius 3 is 3.15 bits per heavy atom. The molecular weight excluding hydrogens is 322 g/mol. The van der Waals surface area contributed by atoms with Crippen molar-refractivity contribution in [3.05, 3.63) is 33.8 Å². The van der Waals surface area contributed by atoms with Crippen LogP contribution in [0.2, 0.25) is 0 Å². The Balaban J connectivity index is 1.73. The second-order valence-electron chi connectivity index (χ2n) is 5.04. The lowest BCUT2D eigenvalue weighted by molar-refractivity contribution is 0.102. The first kappa shape index (κ1) is 13.4. The van der Waals surface area contributed by atoms with Crippen LogP contribution in [0.1, 0.15) is 28.3 Å². The molecule has 5 N–H and O–H groups in total. The van der Waals surface area contributed by atoms with Gasteiger partial charge in [0.25, 0.3) is 5.91 Å². The maximum Gasteiger partial charge on any atom is 0.274 e. The van der Waals surface area contributed by atoms with E-state index in [2.05, 4.69) is 36.2 Å². The molecule has 7 heteroatoms. The predicted molar refractivity (Wildman–Crippen MR) is 79.6 cm³/mol. The van der Waals surface area contributed by atoms with E-state index in [0.717, 1.165) is 35.1 Å². The molecule has 1 unspecified atom stereocenters. The Kier molecular flexibility index (Phi) is 3.62. The van der Waals surface area contributed by atoms with Gasteiger partial charge in [-0.05, 0) is 53.7 Å². The van der Waals surface area contributed by atoms with Crippen molar-refractivity contribution in [2.75, 3.05) is 11.9 Å².